The highest BCUT2D eigenvalue weighted by molar-refractivity contribution is 14.2. The second-order valence-corrected chi connectivity index (χ2v) is 8.83. The lowest BCUT2D eigenvalue weighted by atomic mass is 9.73. The van der Waals surface area contributed by atoms with Gasteiger partial charge in [0.25, 0.3) is 0 Å². The molecule has 0 fully saturated rings. The van der Waals surface area contributed by atoms with Crippen LogP contribution in [0.4, 0.5) is 0 Å². The maximum atomic E-state index is 6.24. The van der Waals surface area contributed by atoms with E-state index in [9.17, 15) is 0 Å². The summed E-state index contributed by atoms with van der Waals surface area (Å²) in [5.41, 5.74) is 5.23. The van der Waals surface area contributed by atoms with Crippen LogP contribution in [0.5, 0.6) is 0 Å². The van der Waals surface area contributed by atoms with E-state index in [1.54, 1.807) is 7.11 Å². The van der Waals surface area contributed by atoms with E-state index in [2.05, 4.69) is 66.5 Å². The SMILES string of the molecule is COC(N(I)I)(C(C)(C)C)C(C)(C)N. The van der Waals surface area contributed by atoms with Crippen LogP contribution in [-0.4, -0.2) is 19.7 Å². The van der Waals surface area contributed by atoms with Crippen LogP contribution in [-0.2, 0) is 4.74 Å². The van der Waals surface area contributed by atoms with Gasteiger partial charge in [0.05, 0.1) is 5.54 Å². The molecule has 0 spiro atoms. The third-order valence-electron chi connectivity index (χ3n) is 2.42. The summed E-state index contributed by atoms with van der Waals surface area (Å²) < 4.78 is 7.72. The maximum absolute atomic E-state index is 6.24. The third-order valence-corrected chi connectivity index (χ3v) is 3.78. The van der Waals surface area contributed by atoms with E-state index in [0.29, 0.717) is 0 Å². The molecular weight excluding hydrogens is 406 g/mol. The number of methoxy groups -OCH3 is 1. The van der Waals surface area contributed by atoms with Crippen LogP contribution >= 0.6 is 45.7 Å². The molecule has 0 radical (unpaired) electrons. The Morgan fingerprint density at radius 1 is 1.07 bits per heavy atom. The molecule has 1 atom stereocenters. The Morgan fingerprint density at radius 3 is 1.43 bits per heavy atom. The van der Waals surface area contributed by atoms with Gasteiger partial charge in [-0.1, -0.05) is 20.8 Å². The Hall–Kier alpha value is 1.34. The fraction of sp³-hybridized carbons (Fsp3) is 1.00. The zero-order chi connectivity index (χ0) is 11.8. The van der Waals surface area contributed by atoms with Crippen molar-refractivity contribution in [1.29, 1.82) is 0 Å². The molecule has 0 aliphatic heterocycles. The molecule has 0 heterocycles. The lowest BCUT2D eigenvalue weighted by molar-refractivity contribution is -0.163. The summed E-state index contributed by atoms with van der Waals surface area (Å²) in [5, 5.41) is 0. The Labute approximate surface area is 115 Å². The Bertz CT molecular complexity index is 180. The van der Waals surface area contributed by atoms with Crippen molar-refractivity contribution >= 4 is 45.7 Å². The molecule has 0 bridgehead atoms. The zero-order valence-corrected chi connectivity index (χ0v) is 14.0. The Balaban J connectivity index is 5.45. The number of halogens is 2. The van der Waals surface area contributed by atoms with Crippen LogP contribution in [0.2, 0.25) is 0 Å². The first-order valence-corrected chi connectivity index (χ1v) is 6.39. The number of hydrogen-bond acceptors (Lipinski definition) is 3. The zero-order valence-electron chi connectivity index (χ0n) is 9.69. The molecule has 0 amide bonds. The highest BCUT2D eigenvalue weighted by atomic mass is 127. The van der Waals surface area contributed by atoms with Crippen molar-refractivity contribution < 1.29 is 4.74 Å². The van der Waals surface area contributed by atoms with E-state index in [-0.39, 0.29) is 5.41 Å². The van der Waals surface area contributed by atoms with Crippen molar-refractivity contribution in [1.82, 2.24) is 1.33 Å². The second-order valence-electron chi connectivity index (χ2n) is 5.05. The van der Waals surface area contributed by atoms with Crippen molar-refractivity contribution in [2.75, 3.05) is 7.11 Å². The number of nitrogens with two attached hydrogens (primary N) is 1. The molecule has 0 aromatic rings. The maximum Gasteiger partial charge on any atom is 0.160 e. The van der Waals surface area contributed by atoms with Crippen LogP contribution in [0.25, 0.3) is 0 Å². The van der Waals surface area contributed by atoms with Gasteiger partial charge in [-0.15, -0.1) is 0 Å². The van der Waals surface area contributed by atoms with E-state index in [1.165, 1.54) is 0 Å². The first-order chi connectivity index (χ1) is 6.00. The molecule has 14 heavy (non-hydrogen) atoms. The molecule has 0 rings (SSSR count). The number of rotatable bonds is 3. The van der Waals surface area contributed by atoms with Crippen LogP contribution in [0.1, 0.15) is 34.6 Å². The lowest BCUT2D eigenvalue weighted by Gasteiger charge is -2.53. The summed E-state index contributed by atoms with van der Waals surface area (Å²) in [6.07, 6.45) is 0. The van der Waals surface area contributed by atoms with E-state index in [1.807, 2.05) is 15.2 Å². The largest absolute Gasteiger partial charge is 0.360 e. The number of hydrogen-bond donors (Lipinski definition) is 1. The van der Waals surface area contributed by atoms with Gasteiger partial charge in [0.2, 0.25) is 0 Å². The van der Waals surface area contributed by atoms with Crippen molar-refractivity contribution in [3.8, 4) is 0 Å². The minimum Gasteiger partial charge on any atom is -0.360 e. The fourth-order valence-electron chi connectivity index (χ4n) is 2.08. The lowest BCUT2D eigenvalue weighted by Crippen LogP contribution is -2.68. The van der Waals surface area contributed by atoms with E-state index < -0.39 is 11.3 Å². The van der Waals surface area contributed by atoms with Crippen LogP contribution < -0.4 is 5.73 Å². The van der Waals surface area contributed by atoms with Gasteiger partial charge in [-0.05, 0) is 13.8 Å². The van der Waals surface area contributed by atoms with Gasteiger partial charge < -0.3 is 10.5 Å². The average Bonchev–Trinajstić information content (AvgIpc) is 1.80. The van der Waals surface area contributed by atoms with Gasteiger partial charge in [-0.2, -0.15) is 1.33 Å². The first kappa shape index (κ1) is 15.3. The smallest absolute Gasteiger partial charge is 0.160 e. The number of ether oxygens (including phenoxy) is 1. The molecule has 2 N–H and O–H groups in total. The molecule has 3 nitrogen and oxygen atoms in total. The van der Waals surface area contributed by atoms with Crippen molar-refractivity contribution in [2.24, 2.45) is 11.1 Å². The monoisotopic (exact) mass is 426 g/mol. The van der Waals surface area contributed by atoms with Gasteiger partial charge in [-0.25, -0.2) is 0 Å². The van der Waals surface area contributed by atoms with Crippen molar-refractivity contribution in [3.63, 3.8) is 0 Å². The van der Waals surface area contributed by atoms with Crippen LogP contribution in [0, 0.1) is 5.41 Å². The summed E-state index contributed by atoms with van der Waals surface area (Å²) in [5.74, 6) is 0. The van der Waals surface area contributed by atoms with Gasteiger partial charge in [0.15, 0.2) is 5.72 Å². The Morgan fingerprint density at radius 2 is 1.43 bits per heavy atom. The fourth-order valence-corrected chi connectivity index (χ4v) is 5.16. The summed E-state index contributed by atoms with van der Waals surface area (Å²) in [7, 11) is 1.71. The minimum absolute atomic E-state index is 0.0671. The van der Waals surface area contributed by atoms with Gasteiger partial charge in [0.1, 0.15) is 0 Å². The standard InChI is InChI=1S/C9H20I2N2O/c1-7(2,3)9(14-6,13(10)11)8(4,5)12/h12H2,1-6H3. The van der Waals surface area contributed by atoms with Crippen molar-refractivity contribution in [2.45, 2.75) is 45.9 Å². The highest BCUT2D eigenvalue weighted by Crippen LogP contribution is 2.46. The summed E-state index contributed by atoms with van der Waals surface area (Å²) in [6.45, 7) is 10.4. The molecule has 0 aliphatic carbocycles. The van der Waals surface area contributed by atoms with Crippen LogP contribution in [0.3, 0.4) is 0 Å². The average molecular weight is 426 g/mol. The molecule has 0 aromatic carbocycles. The predicted octanol–water partition coefficient (Wildman–Crippen LogP) is 3.11. The van der Waals surface area contributed by atoms with E-state index in [0.717, 1.165) is 0 Å². The quantitative estimate of drug-likeness (QED) is 0.429. The number of nitrogens with zero attached hydrogens (tertiary/aromatic N) is 1. The third kappa shape index (κ3) is 2.53. The summed E-state index contributed by atoms with van der Waals surface area (Å²) >= 11 is 4.45. The van der Waals surface area contributed by atoms with Gasteiger partial charge in [0, 0.05) is 58.3 Å². The van der Waals surface area contributed by atoms with Gasteiger partial charge >= 0.3 is 0 Å². The summed E-state index contributed by atoms with van der Waals surface area (Å²) in [4.78, 5) is 0. The second kappa shape index (κ2) is 4.68. The molecular formula is C9H20I2N2O. The molecule has 86 valence electrons. The first-order valence-electron chi connectivity index (χ1n) is 4.46. The summed E-state index contributed by atoms with van der Waals surface area (Å²) in [6, 6.07) is 0. The molecule has 1 unspecified atom stereocenters. The topological polar surface area (TPSA) is 38.5 Å². The molecule has 0 saturated carbocycles. The van der Waals surface area contributed by atoms with Crippen molar-refractivity contribution in [3.05, 3.63) is 0 Å². The minimum atomic E-state index is -0.499. The molecule has 5 heteroatoms. The molecule has 0 saturated heterocycles. The van der Waals surface area contributed by atoms with E-state index >= 15 is 0 Å². The van der Waals surface area contributed by atoms with Gasteiger partial charge in [-0.3, -0.25) is 0 Å². The normalized spacial score (nSPS) is 18.4. The molecule has 0 aromatic heterocycles. The van der Waals surface area contributed by atoms with E-state index in [4.69, 9.17) is 10.5 Å². The highest BCUT2D eigenvalue weighted by Gasteiger charge is 2.55. The molecule has 0 aliphatic rings. The Kier molecular flexibility index (Phi) is 5.13. The predicted molar refractivity (Wildman–Crippen MR) is 77.3 cm³/mol. The van der Waals surface area contributed by atoms with Crippen LogP contribution in [0.15, 0.2) is 0 Å².